The van der Waals surface area contributed by atoms with Crippen molar-refractivity contribution in [2.75, 3.05) is 31.2 Å². The van der Waals surface area contributed by atoms with E-state index in [-0.39, 0.29) is 18.4 Å². The first-order chi connectivity index (χ1) is 12.9. The lowest BCUT2D eigenvalue weighted by atomic mass is 9.94. The minimum atomic E-state index is -2.53. The third kappa shape index (κ3) is 4.59. The van der Waals surface area contributed by atoms with Gasteiger partial charge in [0.2, 0.25) is 0 Å². The Hall–Kier alpha value is -1.71. The Balaban J connectivity index is 1.67. The number of rotatable bonds is 4. The van der Waals surface area contributed by atoms with Gasteiger partial charge in [-0.05, 0) is 25.3 Å². The van der Waals surface area contributed by atoms with Crippen LogP contribution in [0, 0.1) is 0 Å². The average Bonchev–Trinajstić information content (AvgIpc) is 3.14. The van der Waals surface area contributed by atoms with E-state index in [2.05, 4.69) is 4.36 Å². The Labute approximate surface area is 159 Å². The molecule has 2 saturated heterocycles. The first-order valence-corrected chi connectivity index (χ1v) is 11.1. The van der Waals surface area contributed by atoms with Crippen molar-refractivity contribution in [1.29, 1.82) is 0 Å². The number of hydrogen-bond acceptors (Lipinski definition) is 6. The molecule has 0 aliphatic carbocycles. The topological polar surface area (TPSA) is 109 Å². The fraction of sp³-hybridized carbons (Fsp3) is 0.667. The predicted molar refractivity (Wildman–Crippen MR) is 98.7 cm³/mol. The molecule has 1 spiro atoms. The number of furan rings is 1. The molecule has 1 N–H and O–H groups in total. The van der Waals surface area contributed by atoms with Gasteiger partial charge < -0.3 is 19.2 Å². The minimum absolute atomic E-state index is 0.171. The Morgan fingerprint density at radius 2 is 2.11 bits per heavy atom. The molecule has 0 radical (unpaired) electrons. The number of carbonyl (C=O) groups is 2. The molecule has 3 heterocycles. The second-order valence-corrected chi connectivity index (χ2v) is 9.68. The van der Waals surface area contributed by atoms with Crippen LogP contribution in [0.3, 0.4) is 0 Å². The van der Waals surface area contributed by atoms with E-state index in [1.54, 1.807) is 4.90 Å². The maximum Gasteiger partial charge on any atom is 0.257 e. The van der Waals surface area contributed by atoms with Gasteiger partial charge in [0.15, 0.2) is 0 Å². The van der Waals surface area contributed by atoms with Gasteiger partial charge in [-0.25, -0.2) is 4.21 Å². The van der Waals surface area contributed by atoms with Crippen molar-refractivity contribution in [1.82, 2.24) is 4.90 Å². The van der Waals surface area contributed by atoms with Crippen molar-refractivity contribution in [2.45, 2.75) is 44.8 Å². The summed E-state index contributed by atoms with van der Waals surface area (Å²) in [5, 5.41) is 9.09. The van der Waals surface area contributed by atoms with Gasteiger partial charge in [-0.2, -0.15) is 4.36 Å². The molecule has 2 amide bonds. The Morgan fingerprint density at radius 3 is 2.74 bits per heavy atom. The van der Waals surface area contributed by atoms with Crippen molar-refractivity contribution in [3.63, 3.8) is 0 Å². The molecule has 1 aromatic rings. The highest BCUT2D eigenvalue weighted by molar-refractivity contribution is 7.93. The number of amides is 2. The standard InChI is InChI=1S/C18H26N2O6S/c1-2-3-16(22)19-27(24)8-4-18(5-9-27)13-20(6-7-26-18)17(23)14-10-15(11-21)25-12-14/h10,12,21H,2-9,11,13H2,1H3. The number of aliphatic hydroxyl groups is 1. The third-order valence-corrected chi connectivity index (χ3v) is 7.30. The average molecular weight is 398 g/mol. The highest BCUT2D eigenvalue weighted by atomic mass is 32.2. The quantitative estimate of drug-likeness (QED) is 0.824. The molecule has 8 nitrogen and oxygen atoms in total. The number of ether oxygens (including phenoxy) is 1. The van der Waals surface area contributed by atoms with Crippen LogP contribution in [0.4, 0.5) is 0 Å². The van der Waals surface area contributed by atoms with Crippen LogP contribution in [0.25, 0.3) is 0 Å². The third-order valence-electron chi connectivity index (χ3n) is 5.08. The van der Waals surface area contributed by atoms with Crippen LogP contribution in [0.5, 0.6) is 0 Å². The van der Waals surface area contributed by atoms with Crippen molar-refractivity contribution in [2.24, 2.45) is 4.36 Å². The molecule has 27 heavy (non-hydrogen) atoms. The second kappa shape index (κ2) is 8.12. The monoisotopic (exact) mass is 398 g/mol. The van der Waals surface area contributed by atoms with Crippen LogP contribution in [0.1, 0.15) is 48.7 Å². The van der Waals surface area contributed by atoms with Gasteiger partial charge in [0.1, 0.15) is 18.6 Å². The lowest BCUT2D eigenvalue weighted by Crippen LogP contribution is -2.56. The number of aliphatic hydroxyl groups excluding tert-OH is 1. The van der Waals surface area contributed by atoms with E-state index in [1.807, 2.05) is 6.92 Å². The van der Waals surface area contributed by atoms with Crippen LogP contribution in [0.15, 0.2) is 21.1 Å². The number of carbonyl (C=O) groups excluding carboxylic acids is 2. The zero-order valence-corrected chi connectivity index (χ0v) is 16.3. The van der Waals surface area contributed by atoms with Crippen LogP contribution in [-0.2, 0) is 25.9 Å². The summed E-state index contributed by atoms with van der Waals surface area (Å²) in [6.07, 6.45) is 3.37. The minimum Gasteiger partial charge on any atom is -0.466 e. The lowest BCUT2D eigenvalue weighted by molar-refractivity contribution is -0.117. The fourth-order valence-electron chi connectivity index (χ4n) is 3.53. The molecule has 2 aliphatic rings. The maximum absolute atomic E-state index is 12.8. The van der Waals surface area contributed by atoms with E-state index in [0.29, 0.717) is 68.2 Å². The zero-order valence-electron chi connectivity index (χ0n) is 15.5. The van der Waals surface area contributed by atoms with E-state index in [4.69, 9.17) is 14.3 Å². The normalized spacial score (nSPS) is 28.3. The van der Waals surface area contributed by atoms with Crippen molar-refractivity contribution < 1.29 is 28.1 Å². The van der Waals surface area contributed by atoms with Crippen LogP contribution in [-0.4, -0.2) is 62.8 Å². The van der Waals surface area contributed by atoms with E-state index < -0.39 is 15.3 Å². The summed E-state index contributed by atoms with van der Waals surface area (Å²) in [6, 6.07) is 1.54. The Kier molecular flexibility index (Phi) is 6.02. The predicted octanol–water partition coefficient (Wildman–Crippen LogP) is 1.57. The molecule has 150 valence electrons. The Bertz CT molecular complexity index is 810. The van der Waals surface area contributed by atoms with Crippen molar-refractivity contribution >= 4 is 21.5 Å². The van der Waals surface area contributed by atoms with Crippen LogP contribution >= 0.6 is 0 Å². The molecule has 1 aromatic heterocycles. The molecule has 0 saturated carbocycles. The maximum atomic E-state index is 12.8. The van der Waals surface area contributed by atoms with Gasteiger partial charge in [0.05, 0.1) is 34.0 Å². The molecule has 2 fully saturated rings. The van der Waals surface area contributed by atoms with Crippen LogP contribution in [0.2, 0.25) is 0 Å². The largest absolute Gasteiger partial charge is 0.466 e. The summed E-state index contributed by atoms with van der Waals surface area (Å²) in [6.45, 7) is 2.92. The number of nitrogens with zero attached hydrogens (tertiary/aromatic N) is 2. The summed E-state index contributed by atoms with van der Waals surface area (Å²) in [7, 11) is -2.53. The molecule has 0 unspecified atom stereocenters. The van der Waals surface area contributed by atoms with Gasteiger partial charge in [0, 0.05) is 24.5 Å². The van der Waals surface area contributed by atoms with E-state index in [0.717, 1.165) is 0 Å². The molecular formula is C18H26N2O6S. The number of hydrogen-bond donors (Lipinski definition) is 1. The van der Waals surface area contributed by atoms with Crippen molar-refractivity contribution in [3.8, 4) is 0 Å². The molecule has 0 aromatic carbocycles. The second-order valence-electron chi connectivity index (χ2n) is 7.13. The van der Waals surface area contributed by atoms with Gasteiger partial charge in [-0.3, -0.25) is 9.59 Å². The van der Waals surface area contributed by atoms with Gasteiger partial charge >= 0.3 is 0 Å². The summed E-state index contributed by atoms with van der Waals surface area (Å²) < 4.78 is 27.9. The molecule has 0 bridgehead atoms. The van der Waals surface area contributed by atoms with E-state index >= 15 is 0 Å². The zero-order chi connectivity index (χ0) is 19.5. The van der Waals surface area contributed by atoms with Crippen molar-refractivity contribution in [3.05, 3.63) is 23.7 Å². The van der Waals surface area contributed by atoms with E-state index in [1.165, 1.54) is 12.3 Å². The highest BCUT2D eigenvalue weighted by Crippen LogP contribution is 2.32. The summed E-state index contributed by atoms with van der Waals surface area (Å²) >= 11 is 0. The summed E-state index contributed by atoms with van der Waals surface area (Å²) in [4.78, 5) is 26.2. The molecule has 3 rings (SSSR count). The Morgan fingerprint density at radius 1 is 1.37 bits per heavy atom. The first-order valence-electron chi connectivity index (χ1n) is 9.25. The van der Waals surface area contributed by atoms with Gasteiger partial charge in [-0.1, -0.05) is 6.92 Å². The van der Waals surface area contributed by atoms with Gasteiger partial charge in [0.25, 0.3) is 11.8 Å². The fourth-order valence-corrected chi connectivity index (χ4v) is 5.76. The molecule has 2 aliphatic heterocycles. The molecular weight excluding hydrogens is 372 g/mol. The lowest BCUT2D eigenvalue weighted by Gasteiger charge is -2.45. The SMILES string of the molecule is CCCC(=O)N=S1(=O)CCC2(CC1)CN(C(=O)c1coc(CO)c1)CCO2. The van der Waals surface area contributed by atoms with E-state index in [9.17, 15) is 13.8 Å². The number of morpholine rings is 1. The summed E-state index contributed by atoms with van der Waals surface area (Å²) in [5.74, 6) is 0.502. The summed E-state index contributed by atoms with van der Waals surface area (Å²) in [5.41, 5.74) is -0.141. The molecule has 0 atom stereocenters. The molecule has 9 heteroatoms. The van der Waals surface area contributed by atoms with Crippen LogP contribution < -0.4 is 0 Å². The smallest absolute Gasteiger partial charge is 0.257 e. The first kappa shape index (κ1) is 20.0. The highest BCUT2D eigenvalue weighted by Gasteiger charge is 2.42. The van der Waals surface area contributed by atoms with Gasteiger partial charge in [-0.15, -0.1) is 0 Å².